The van der Waals surface area contributed by atoms with Crippen LogP contribution in [0.2, 0.25) is 0 Å². The maximum Gasteiger partial charge on any atom is 0.0445 e. The minimum atomic E-state index is 0.619. The predicted molar refractivity (Wildman–Crippen MR) is 89.4 cm³/mol. The van der Waals surface area contributed by atoms with Gasteiger partial charge in [0, 0.05) is 36.1 Å². The monoisotopic (exact) mass is 294 g/mol. The molecule has 3 atom stereocenters. The summed E-state index contributed by atoms with van der Waals surface area (Å²) in [5, 5.41) is 5.98. The molecule has 0 saturated carbocycles. The molecule has 0 aromatic carbocycles. The van der Waals surface area contributed by atoms with Gasteiger partial charge in [-0.3, -0.25) is 4.90 Å². The van der Waals surface area contributed by atoms with Crippen LogP contribution in [0.5, 0.6) is 0 Å². The molecule has 1 aliphatic rings. The summed E-state index contributed by atoms with van der Waals surface area (Å²) < 4.78 is 0. The van der Waals surface area contributed by atoms with Crippen molar-refractivity contribution in [1.29, 1.82) is 0 Å². The van der Waals surface area contributed by atoms with Gasteiger partial charge in [-0.1, -0.05) is 40.2 Å². The van der Waals surface area contributed by atoms with Gasteiger partial charge in [0.25, 0.3) is 0 Å². The first-order chi connectivity index (χ1) is 9.67. The van der Waals surface area contributed by atoms with Crippen LogP contribution in [0.1, 0.15) is 57.9 Å². The number of thiophene rings is 1. The smallest absolute Gasteiger partial charge is 0.0445 e. The lowest BCUT2D eigenvalue weighted by Crippen LogP contribution is -2.58. The summed E-state index contributed by atoms with van der Waals surface area (Å²) in [5.74, 6) is 0.709. The first kappa shape index (κ1) is 16.0. The van der Waals surface area contributed by atoms with E-state index in [1.807, 2.05) is 11.3 Å². The summed E-state index contributed by atoms with van der Waals surface area (Å²) in [5.41, 5.74) is 0. The Morgan fingerprint density at radius 1 is 1.40 bits per heavy atom. The number of nitrogens with zero attached hydrogens (tertiary/aromatic N) is 1. The zero-order valence-electron chi connectivity index (χ0n) is 13.4. The standard InChI is InChI=1S/C17H30N2S/c1-5-8-16(17-9-7-10-20-17)19-12-15(13(3)4)18-11-14(19)6-2/h7,9-10,13-16,18H,5-6,8,11-12H2,1-4H3. The van der Waals surface area contributed by atoms with Crippen molar-refractivity contribution in [3.05, 3.63) is 22.4 Å². The van der Waals surface area contributed by atoms with Gasteiger partial charge in [-0.2, -0.15) is 0 Å². The van der Waals surface area contributed by atoms with E-state index in [1.165, 1.54) is 25.8 Å². The van der Waals surface area contributed by atoms with Gasteiger partial charge in [-0.05, 0) is 30.2 Å². The minimum Gasteiger partial charge on any atom is -0.311 e. The molecule has 1 aromatic heterocycles. The molecule has 1 saturated heterocycles. The fraction of sp³-hybridized carbons (Fsp3) is 0.765. The number of hydrogen-bond acceptors (Lipinski definition) is 3. The van der Waals surface area contributed by atoms with Crippen LogP contribution in [-0.4, -0.2) is 30.1 Å². The topological polar surface area (TPSA) is 15.3 Å². The highest BCUT2D eigenvalue weighted by atomic mass is 32.1. The largest absolute Gasteiger partial charge is 0.311 e. The Balaban J connectivity index is 2.18. The van der Waals surface area contributed by atoms with Gasteiger partial charge in [0.2, 0.25) is 0 Å². The molecule has 3 unspecified atom stereocenters. The molecule has 114 valence electrons. The summed E-state index contributed by atoms with van der Waals surface area (Å²) in [7, 11) is 0. The summed E-state index contributed by atoms with van der Waals surface area (Å²) in [6.45, 7) is 11.6. The fourth-order valence-corrected chi connectivity index (χ4v) is 4.16. The molecule has 2 rings (SSSR count). The maximum atomic E-state index is 3.75. The highest BCUT2D eigenvalue weighted by molar-refractivity contribution is 7.10. The average molecular weight is 295 g/mol. The zero-order chi connectivity index (χ0) is 14.5. The third kappa shape index (κ3) is 3.63. The molecule has 1 aromatic rings. The Morgan fingerprint density at radius 2 is 2.20 bits per heavy atom. The zero-order valence-corrected chi connectivity index (χ0v) is 14.2. The third-order valence-electron chi connectivity index (χ3n) is 4.60. The Hall–Kier alpha value is -0.380. The van der Waals surface area contributed by atoms with Crippen molar-refractivity contribution in [2.75, 3.05) is 13.1 Å². The van der Waals surface area contributed by atoms with E-state index in [0.29, 0.717) is 24.0 Å². The molecule has 0 bridgehead atoms. The summed E-state index contributed by atoms with van der Waals surface area (Å²) in [6, 6.07) is 6.46. The van der Waals surface area contributed by atoms with Gasteiger partial charge in [-0.15, -0.1) is 11.3 Å². The molecular formula is C17H30N2S. The number of hydrogen-bond donors (Lipinski definition) is 1. The van der Waals surface area contributed by atoms with Crippen molar-refractivity contribution < 1.29 is 0 Å². The highest BCUT2D eigenvalue weighted by Gasteiger charge is 2.33. The van der Waals surface area contributed by atoms with Crippen LogP contribution in [0, 0.1) is 5.92 Å². The van der Waals surface area contributed by atoms with Crippen molar-refractivity contribution in [2.45, 2.75) is 65.1 Å². The van der Waals surface area contributed by atoms with Crippen LogP contribution in [0.25, 0.3) is 0 Å². The lowest BCUT2D eigenvalue weighted by molar-refractivity contribution is 0.0633. The van der Waals surface area contributed by atoms with Crippen LogP contribution >= 0.6 is 11.3 Å². The van der Waals surface area contributed by atoms with Crippen LogP contribution in [0.4, 0.5) is 0 Å². The number of rotatable bonds is 6. The normalized spacial score (nSPS) is 26.1. The summed E-state index contributed by atoms with van der Waals surface area (Å²) in [4.78, 5) is 4.34. The van der Waals surface area contributed by atoms with Gasteiger partial charge < -0.3 is 5.32 Å². The Bertz CT molecular complexity index is 374. The highest BCUT2D eigenvalue weighted by Crippen LogP contribution is 2.33. The van der Waals surface area contributed by atoms with Gasteiger partial charge >= 0.3 is 0 Å². The van der Waals surface area contributed by atoms with E-state index in [-0.39, 0.29) is 0 Å². The first-order valence-corrected chi connectivity index (χ1v) is 9.07. The second kappa shape index (κ2) is 7.58. The van der Waals surface area contributed by atoms with Gasteiger partial charge in [0.05, 0.1) is 0 Å². The lowest BCUT2D eigenvalue weighted by Gasteiger charge is -2.45. The molecule has 0 amide bonds. The molecule has 1 N–H and O–H groups in total. The fourth-order valence-electron chi connectivity index (χ4n) is 3.28. The van der Waals surface area contributed by atoms with Gasteiger partial charge in [-0.25, -0.2) is 0 Å². The molecule has 0 spiro atoms. The van der Waals surface area contributed by atoms with Crippen molar-refractivity contribution in [1.82, 2.24) is 10.2 Å². The van der Waals surface area contributed by atoms with Gasteiger partial charge in [0.1, 0.15) is 0 Å². The van der Waals surface area contributed by atoms with E-state index in [9.17, 15) is 0 Å². The molecule has 0 aliphatic carbocycles. The molecule has 0 radical (unpaired) electrons. The Labute approximate surface area is 128 Å². The maximum absolute atomic E-state index is 3.75. The summed E-state index contributed by atoms with van der Waals surface area (Å²) >= 11 is 1.92. The average Bonchev–Trinajstić information content (AvgIpc) is 2.98. The molecule has 20 heavy (non-hydrogen) atoms. The third-order valence-corrected chi connectivity index (χ3v) is 5.58. The van der Waals surface area contributed by atoms with Crippen LogP contribution in [0.3, 0.4) is 0 Å². The Morgan fingerprint density at radius 3 is 2.75 bits per heavy atom. The quantitative estimate of drug-likeness (QED) is 0.841. The molecular weight excluding hydrogens is 264 g/mol. The molecule has 1 aliphatic heterocycles. The predicted octanol–water partition coefficient (Wildman–Crippen LogP) is 4.30. The Kier molecular flexibility index (Phi) is 6.06. The number of piperazine rings is 1. The number of nitrogens with one attached hydrogen (secondary N) is 1. The van der Waals surface area contributed by atoms with Crippen LogP contribution < -0.4 is 5.32 Å². The molecule has 1 fully saturated rings. The SMILES string of the molecule is CCCC(c1cccs1)N1CC(C(C)C)NCC1CC. The van der Waals surface area contributed by atoms with E-state index in [1.54, 1.807) is 4.88 Å². The van der Waals surface area contributed by atoms with Crippen molar-refractivity contribution in [3.63, 3.8) is 0 Å². The van der Waals surface area contributed by atoms with E-state index in [0.717, 1.165) is 6.54 Å². The lowest BCUT2D eigenvalue weighted by atomic mass is 9.95. The second-order valence-corrected chi connectivity index (χ2v) is 7.32. The van der Waals surface area contributed by atoms with E-state index >= 15 is 0 Å². The van der Waals surface area contributed by atoms with Crippen molar-refractivity contribution in [2.24, 2.45) is 5.92 Å². The van der Waals surface area contributed by atoms with Crippen molar-refractivity contribution in [3.8, 4) is 0 Å². The van der Waals surface area contributed by atoms with Gasteiger partial charge in [0.15, 0.2) is 0 Å². The van der Waals surface area contributed by atoms with Crippen LogP contribution in [-0.2, 0) is 0 Å². The van der Waals surface area contributed by atoms with Crippen molar-refractivity contribution >= 4 is 11.3 Å². The first-order valence-electron chi connectivity index (χ1n) is 8.19. The summed E-state index contributed by atoms with van der Waals surface area (Å²) in [6.07, 6.45) is 3.78. The molecule has 2 heterocycles. The minimum absolute atomic E-state index is 0.619. The second-order valence-electron chi connectivity index (χ2n) is 6.34. The van der Waals surface area contributed by atoms with E-state index < -0.39 is 0 Å². The van der Waals surface area contributed by atoms with E-state index in [2.05, 4.69) is 55.4 Å². The van der Waals surface area contributed by atoms with E-state index in [4.69, 9.17) is 0 Å². The molecule has 2 nitrogen and oxygen atoms in total. The van der Waals surface area contributed by atoms with Crippen LogP contribution in [0.15, 0.2) is 17.5 Å². The molecule has 3 heteroatoms.